The van der Waals surface area contributed by atoms with E-state index in [2.05, 4.69) is 5.32 Å². The molecular formula is C25H21NO5. The van der Waals surface area contributed by atoms with Crippen molar-refractivity contribution >= 4 is 22.6 Å². The van der Waals surface area contributed by atoms with Crippen molar-refractivity contribution in [2.45, 2.75) is 6.92 Å². The number of fused-ring (bicyclic) bond motifs is 1. The van der Waals surface area contributed by atoms with E-state index in [9.17, 15) is 9.59 Å². The first-order valence-electron chi connectivity index (χ1n) is 9.90. The van der Waals surface area contributed by atoms with E-state index >= 15 is 0 Å². The van der Waals surface area contributed by atoms with Gasteiger partial charge in [-0.05, 0) is 48.9 Å². The predicted molar refractivity (Wildman–Crippen MR) is 120 cm³/mol. The molecule has 156 valence electrons. The minimum atomic E-state index is -0.301. The Morgan fingerprint density at radius 1 is 0.935 bits per heavy atom. The molecule has 31 heavy (non-hydrogen) atoms. The molecule has 1 amide bonds. The topological polar surface area (TPSA) is 77.8 Å². The minimum absolute atomic E-state index is 0.118. The number of carbonyl (C=O) groups excluding carboxylic acids is 1. The molecule has 0 saturated heterocycles. The summed E-state index contributed by atoms with van der Waals surface area (Å²) in [4.78, 5) is 25.0. The number of carbonyl (C=O) groups is 1. The summed E-state index contributed by atoms with van der Waals surface area (Å²) < 4.78 is 16.6. The number of hydrogen-bond donors (Lipinski definition) is 1. The average Bonchev–Trinajstić information content (AvgIpc) is 2.80. The average molecular weight is 415 g/mol. The summed E-state index contributed by atoms with van der Waals surface area (Å²) in [5.41, 5.74) is 2.22. The van der Waals surface area contributed by atoms with Gasteiger partial charge in [-0.25, -0.2) is 0 Å². The lowest BCUT2D eigenvalue weighted by atomic mass is 10.1. The number of ether oxygens (including phenoxy) is 2. The van der Waals surface area contributed by atoms with Crippen LogP contribution in [0.3, 0.4) is 0 Å². The number of anilines is 1. The Morgan fingerprint density at radius 2 is 1.68 bits per heavy atom. The molecule has 6 heteroatoms. The van der Waals surface area contributed by atoms with Crippen molar-refractivity contribution in [2.24, 2.45) is 0 Å². The van der Waals surface area contributed by atoms with Crippen molar-refractivity contribution in [1.82, 2.24) is 0 Å². The monoisotopic (exact) mass is 415 g/mol. The van der Waals surface area contributed by atoms with Gasteiger partial charge in [-0.1, -0.05) is 30.3 Å². The summed E-state index contributed by atoms with van der Waals surface area (Å²) in [5.74, 6) is 0.875. The summed E-state index contributed by atoms with van der Waals surface area (Å²) in [7, 11) is 0. The number of hydrogen-bond acceptors (Lipinski definition) is 5. The lowest BCUT2D eigenvalue weighted by Crippen LogP contribution is -2.20. The van der Waals surface area contributed by atoms with Gasteiger partial charge in [0.25, 0.3) is 5.91 Å². The first kappa shape index (κ1) is 20.2. The molecule has 0 spiro atoms. The Balaban J connectivity index is 1.43. The van der Waals surface area contributed by atoms with Crippen LogP contribution >= 0.6 is 0 Å². The second kappa shape index (κ2) is 9.17. The van der Waals surface area contributed by atoms with E-state index in [1.807, 2.05) is 37.3 Å². The van der Waals surface area contributed by atoms with E-state index in [4.69, 9.17) is 13.9 Å². The predicted octanol–water partition coefficient (Wildman–Crippen LogP) is 4.88. The zero-order chi connectivity index (χ0) is 21.6. The standard InChI is InChI=1S/C25H21NO5/c1-2-29-19-10-8-18(9-11-19)26-24(27)16-30-20-12-13-21-23(14-20)31-15-22(25(21)28)17-6-4-3-5-7-17/h3-15H,2,16H2,1H3,(H,26,27). The van der Waals surface area contributed by atoms with Crippen LogP contribution in [0.15, 0.2) is 88.3 Å². The maximum absolute atomic E-state index is 12.8. The molecule has 1 N–H and O–H groups in total. The molecule has 4 rings (SSSR count). The molecule has 0 radical (unpaired) electrons. The van der Waals surface area contributed by atoms with Gasteiger partial charge in [0, 0.05) is 11.8 Å². The number of nitrogens with one attached hydrogen (secondary N) is 1. The quantitative estimate of drug-likeness (QED) is 0.466. The molecule has 0 aliphatic carbocycles. The molecule has 1 aromatic heterocycles. The fraction of sp³-hybridized carbons (Fsp3) is 0.120. The van der Waals surface area contributed by atoms with Gasteiger partial charge < -0.3 is 19.2 Å². The van der Waals surface area contributed by atoms with Crippen molar-refractivity contribution in [3.63, 3.8) is 0 Å². The van der Waals surface area contributed by atoms with Crippen molar-refractivity contribution in [3.05, 3.63) is 89.3 Å². The first-order chi connectivity index (χ1) is 15.1. The van der Waals surface area contributed by atoms with Gasteiger partial charge >= 0.3 is 0 Å². The van der Waals surface area contributed by atoms with E-state index in [0.717, 1.165) is 11.3 Å². The highest BCUT2D eigenvalue weighted by molar-refractivity contribution is 5.92. The summed E-state index contributed by atoms with van der Waals surface area (Å²) in [6, 6.07) is 21.3. The lowest BCUT2D eigenvalue weighted by molar-refractivity contribution is -0.118. The third-order valence-corrected chi connectivity index (χ3v) is 4.65. The fourth-order valence-electron chi connectivity index (χ4n) is 3.16. The largest absolute Gasteiger partial charge is 0.494 e. The maximum Gasteiger partial charge on any atom is 0.262 e. The van der Waals surface area contributed by atoms with Crippen LogP contribution in [0.1, 0.15) is 6.92 Å². The Kier molecular flexibility index (Phi) is 5.98. The Bertz CT molecular complexity index is 1250. The third kappa shape index (κ3) is 4.75. The highest BCUT2D eigenvalue weighted by Crippen LogP contribution is 2.23. The minimum Gasteiger partial charge on any atom is -0.494 e. The summed E-state index contributed by atoms with van der Waals surface area (Å²) >= 11 is 0. The van der Waals surface area contributed by atoms with Crippen molar-refractivity contribution in [2.75, 3.05) is 18.5 Å². The van der Waals surface area contributed by atoms with Crippen LogP contribution in [0, 0.1) is 0 Å². The molecule has 0 bridgehead atoms. The number of amides is 1. The van der Waals surface area contributed by atoms with Crippen molar-refractivity contribution < 1.29 is 18.7 Å². The summed E-state index contributed by atoms with van der Waals surface area (Å²) in [6.45, 7) is 2.32. The van der Waals surface area contributed by atoms with Gasteiger partial charge in [-0.2, -0.15) is 0 Å². The molecule has 0 atom stereocenters. The van der Waals surface area contributed by atoms with Gasteiger partial charge in [0.15, 0.2) is 12.0 Å². The van der Waals surface area contributed by atoms with Crippen LogP contribution in [0.25, 0.3) is 22.1 Å². The van der Waals surface area contributed by atoms with E-state index in [-0.39, 0.29) is 17.9 Å². The van der Waals surface area contributed by atoms with Crippen LogP contribution < -0.4 is 20.2 Å². The molecule has 0 unspecified atom stereocenters. The summed E-state index contributed by atoms with van der Waals surface area (Å²) in [5, 5.41) is 3.21. The first-order valence-corrected chi connectivity index (χ1v) is 9.90. The second-order valence-corrected chi connectivity index (χ2v) is 6.80. The van der Waals surface area contributed by atoms with E-state index in [1.54, 1.807) is 42.5 Å². The highest BCUT2D eigenvalue weighted by Gasteiger charge is 2.11. The Morgan fingerprint density at radius 3 is 2.42 bits per heavy atom. The molecule has 6 nitrogen and oxygen atoms in total. The molecular weight excluding hydrogens is 394 g/mol. The van der Waals surface area contributed by atoms with Crippen LogP contribution in [-0.2, 0) is 4.79 Å². The van der Waals surface area contributed by atoms with Crippen molar-refractivity contribution in [3.8, 4) is 22.6 Å². The number of rotatable bonds is 7. The van der Waals surface area contributed by atoms with Crippen LogP contribution in [-0.4, -0.2) is 19.1 Å². The number of benzene rings is 3. The van der Waals surface area contributed by atoms with Gasteiger partial charge in [-0.15, -0.1) is 0 Å². The SMILES string of the molecule is CCOc1ccc(NC(=O)COc2ccc3c(=O)c(-c4ccccc4)coc3c2)cc1. The van der Waals surface area contributed by atoms with Gasteiger partial charge in [-0.3, -0.25) is 9.59 Å². The zero-order valence-corrected chi connectivity index (χ0v) is 17.0. The lowest BCUT2D eigenvalue weighted by Gasteiger charge is -2.09. The molecule has 4 aromatic rings. The fourth-order valence-corrected chi connectivity index (χ4v) is 3.16. The Hall–Kier alpha value is -4.06. The second-order valence-electron chi connectivity index (χ2n) is 6.80. The summed E-state index contributed by atoms with van der Waals surface area (Å²) in [6.07, 6.45) is 1.45. The normalized spacial score (nSPS) is 10.6. The van der Waals surface area contributed by atoms with Gasteiger partial charge in [0.1, 0.15) is 23.3 Å². The molecule has 3 aromatic carbocycles. The highest BCUT2D eigenvalue weighted by atomic mass is 16.5. The maximum atomic E-state index is 12.8. The van der Waals surface area contributed by atoms with E-state index in [1.165, 1.54) is 6.26 Å². The Labute approximate surface area is 179 Å². The third-order valence-electron chi connectivity index (χ3n) is 4.65. The smallest absolute Gasteiger partial charge is 0.262 e. The molecule has 0 saturated carbocycles. The molecule has 0 aliphatic heterocycles. The van der Waals surface area contributed by atoms with Crippen LogP contribution in [0.4, 0.5) is 5.69 Å². The molecule has 1 heterocycles. The van der Waals surface area contributed by atoms with Crippen molar-refractivity contribution in [1.29, 1.82) is 0 Å². The van der Waals surface area contributed by atoms with E-state index in [0.29, 0.717) is 34.6 Å². The van der Waals surface area contributed by atoms with Gasteiger partial charge in [0.2, 0.25) is 0 Å². The van der Waals surface area contributed by atoms with Crippen LogP contribution in [0.2, 0.25) is 0 Å². The molecule has 0 aliphatic rings. The van der Waals surface area contributed by atoms with E-state index < -0.39 is 0 Å². The molecule has 0 fully saturated rings. The van der Waals surface area contributed by atoms with Crippen LogP contribution in [0.5, 0.6) is 11.5 Å². The van der Waals surface area contributed by atoms with Gasteiger partial charge in [0.05, 0.1) is 17.6 Å². The zero-order valence-electron chi connectivity index (χ0n) is 17.0.